The molecule has 5 heteroatoms. The van der Waals surface area contributed by atoms with Crippen molar-refractivity contribution in [1.82, 2.24) is 15.1 Å². The van der Waals surface area contributed by atoms with Gasteiger partial charge in [0.05, 0.1) is 17.8 Å². The Balaban J connectivity index is 1.91. The Hall–Kier alpha value is -2.27. The number of aromatic nitrogens is 2. The number of fused-ring (bicyclic) bond motifs is 3. The lowest BCUT2D eigenvalue weighted by atomic mass is 9.85. The van der Waals surface area contributed by atoms with E-state index < -0.39 is 17.7 Å². The van der Waals surface area contributed by atoms with E-state index >= 15 is 8.78 Å². The monoisotopic (exact) mass is 383 g/mol. The Labute approximate surface area is 164 Å². The summed E-state index contributed by atoms with van der Waals surface area (Å²) in [7, 11) is 0. The van der Waals surface area contributed by atoms with Crippen molar-refractivity contribution in [2.24, 2.45) is 5.92 Å². The van der Waals surface area contributed by atoms with E-state index in [0.29, 0.717) is 11.5 Å². The summed E-state index contributed by atoms with van der Waals surface area (Å²) in [6, 6.07) is 6.54. The van der Waals surface area contributed by atoms with Crippen LogP contribution in [0.15, 0.2) is 30.5 Å². The molecule has 1 atom stereocenters. The fraction of sp³-hybridized carbons (Fsp3) is 0.435. The summed E-state index contributed by atoms with van der Waals surface area (Å²) in [5, 5.41) is 8.20. The number of nitrogens with one attached hydrogen (secondary N) is 1. The maximum atomic E-state index is 15.2. The average molecular weight is 383 g/mol. The van der Waals surface area contributed by atoms with E-state index in [2.05, 4.69) is 28.9 Å². The van der Waals surface area contributed by atoms with Crippen LogP contribution in [0.1, 0.15) is 61.9 Å². The highest BCUT2D eigenvalue weighted by Gasteiger charge is 2.34. The zero-order chi connectivity index (χ0) is 20.0. The summed E-state index contributed by atoms with van der Waals surface area (Å²) in [4.78, 5) is 2.22. The highest BCUT2D eigenvalue weighted by atomic mass is 19.1. The molecule has 1 aliphatic heterocycles. The normalized spacial score (nSPS) is 17.6. The number of benzene rings is 2. The predicted molar refractivity (Wildman–Crippen MR) is 108 cm³/mol. The first kappa shape index (κ1) is 19.1. The molecule has 1 aliphatic rings. The third-order valence-corrected chi connectivity index (χ3v) is 5.72. The van der Waals surface area contributed by atoms with Gasteiger partial charge in [-0.3, -0.25) is 10.00 Å². The smallest absolute Gasteiger partial charge is 0.131 e. The number of H-pyrrole nitrogens is 1. The van der Waals surface area contributed by atoms with Gasteiger partial charge in [0.25, 0.3) is 0 Å². The first-order chi connectivity index (χ1) is 13.4. The molecule has 0 bridgehead atoms. The molecule has 0 fully saturated rings. The summed E-state index contributed by atoms with van der Waals surface area (Å²) < 4.78 is 30.5. The van der Waals surface area contributed by atoms with Gasteiger partial charge in [-0.1, -0.05) is 33.8 Å². The van der Waals surface area contributed by atoms with E-state index in [1.54, 1.807) is 0 Å². The van der Waals surface area contributed by atoms with E-state index in [1.807, 2.05) is 32.2 Å². The molecule has 4 rings (SSSR count). The molecule has 0 aliphatic carbocycles. The van der Waals surface area contributed by atoms with Gasteiger partial charge in [-0.15, -0.1) is 0 Å². The topological polar surface area (TPSA) is 31.9 Å². The van der Waals surface area contributed by atoms with Gasteiger partial charge < -0.3 is 0 Å². The Bertz CT molecular complexity index is 983. The van der Waals surface area contributed by atoms with Crippen molar-refractivity contribution in [2.45, 2.75) is 46.1 Å². The fourth-order valence-corrected chi connectivity index (χ4v) is 4.41. The lowest BCUT2D eigenvalue weighted by Gasteiger charge is -2.39. The molecule has 148 valence electrons. The zero-order valence-electron chi connectivity index (χ0n) is 16.9. The molecule has 2 aromatic carbocycles. The number of rotatable bonds is 4. The van der Waals surface area contributed by atoms with Gasteiger partial charge in [0.15, 0.2) is 0 Å². The van der Waals surface area contributed by atoms with Gasteiger partial charge >= 0.3 is 0 Å². The van der Waals surface area contributed by atoms with Crippen molar-refractivity contribution in [1.29, 1.82) is 0 Å². The minimum Gasteiger partial charge on any atom is -0.292 e. The lowest BCUT2D eigenvalue weighted by molar-refractivity contribution is 0.184. The first-order valence-electron chi connectivity index (χ1n) is 10.0. The van der Waals surface area contributed by atoms with Crippen molar-refractivity contribution in [2.75, 3.05) is 13.1 Å². The molecule has 1 unspecified atom stereocenters. The van der Waals surface area contributed by atoms with Crippen LogP contribution in [0.25, 0.3) is 10.9 Å². The van der Waals surface area contributed by atoms with Gasteiger partial charge in [-0.05, 0) is 53.1 Å². The van der Waals surface area contributed by atoms with Gasteiger partial charge in [0.2, 0.25) is 0 Å². The number of hydrogen-bond donors (Lipinski definition) is 1. The van der Waals surface area contributed by atoms with Crippen LogP contribution in [0.3, 0.4) is 0 Å². The van der Waals surface area contributed by atoms with Crippen LogP contribution in [-0.4, -0.2) is 28.2 Å². The maximum Gasteiger partial charge on any atom is 0.131 e. The number of nitrogens with zero attached hydrogens (tertiary/aromatic N) is 2. The molecule has 3 nitrogen and oxygen atoms in total. The van der Waals surface area contributed by atoms with Crippen LogP contribution in [0.2, 0.25) is 0 Å². The van der Waals surface area contributed by atoms with Crippen LogP contribution in [0.5, 0.6) is 0 Å². The summed E-state index contributed by atoms with van der Waals surface area (Å²) in [5.74, 6) is -0.429. The minimum absolute atomic E-state index is 0.0778. The third-order valence-electron chi connectivity index (χ3n) is 5.72. The summed E-state index contributed by atoms with van der Waals surface area (Å²) in [5.41, 5.74) is 3.94. The van der Waals surface area contributed by atoms with Crippen LogP contribution in [0.4, 0.5) is 8.78 Å². The number of hydrogen-bond acceptors (Lipinski definition) is 2. The Morgan fingerprint density at radius 3 is 2.50 bits per heavy atom. The van der Waals surface area contributed by atoms with Crippen molar-refractivity contribution in [3.63, 3.8) is 0 Å². The molecule has 28 heavy (non-hydrogen) atoms. The van der Waals surface area contributed by atoms with Crippen LogP contribution in [-0.2, 0) is 6.42 Å². The molecule has 0 radical (unpaired) electrons. The second kappa shape index (κ2) is 7.28. The van der Waals surface area contributed by atoms with Gasteiger partial charge in [0.1, 0.15) is 11.6 Å². The molecular formula is C23H27F2N3. The van der Waals surface area contributed by atoms with Crippen molar-refractivity contribution in [3.8, 4) is 0 Å². The molecule has 0 spiro atoms. The molecule has 2 heterocycles. The van der Waals surface area contributed by atoms with Crippen molar-refractivity contribution >= 4 is 10.9 Å². The van der Waals surface area contributed by atoms with Gasteiger partial charge in [0, 0.05) is 24.0 Å². The predicted octanol–water partition coefficient (Wildman–Crippen LogP) is 5.57. The molecule has 3 aromatic rings. The first-order valence-corrected chi connectivity index (χ1v) is 10.0. The van der Waals surface area contributed by atoms with Crippen LogP contribution < -0.4 is 0 Å². The summed E-state index contributed by atoms with van der Waals surface area (Å²) in [6.45, 7) is 9.74. The molecule has 0 saturated carbocycles. The summed E-state index contributed by atoms with van der Waals surface area (Å²) >= 11 is 0. The molecule has 0 saturated heterocycles. The van der Waals surface area contributed by atoms with Crippen molar-refractivity contribution < 1.29 is 8.78 Å². The number of halogens is 2. The Morgan fingerprint density at radius 1 is 1.14 bits per heavy atom. The molecule has 1 N–H and O–H groups in total. The fourth-order valence-electron chi connectivity index (χ4n) is 4.41. The standard InChI is InChI=1S/C23H27F2N3/c1-13(2)12-28-8-7-16-17(5-6-21-18(16)11-26-27-21)23(28)22-19(24)9-15(14(3)4)10-20(22)25/h5-6,9-11,13-14,23H,7-8,12H2,1-4H3,(H,26,27). The highest BCUT2D eigenvalue weighted by Crippen LogP contribution is 2.40. The third kappa shape index (κ3) is 3.22. The summed E-state index contributed by atoms with van der Waals surface area (Å²) in [6.07, 6.45) is 2.67. The van der Waals surface area contributed by atoms with E-state index in [0.717, 1.165) is 41.5 Å². The van der Waals surface area contributed by atoms with E-state index in [9.17, 15) is 0 Å². The largest absolute Gasteiger partial charge is 0.292 e. The second-order valence-electron chi connectivity index (χ2n) is 8.56. The molecule has 1 aromatic heterocycles. The van der Waals surface area contributed by atoms with Crippen molar-refractivity contribution in [3.05, 3.63) is 64.4 Å². The lowest BCUT2D eigenvalue weighted by Crippen LogP contribution is -2.39. The zero-order valence-corrected chi connectivity index (χ0v) is 16.9. The van der Waals surface area contributed by atoms with E-state index in [1.165, 1.54) is 12.1 Å². The van der Waals surface area contributed by atoms with Crippen LogP contribution >= 0.6 is 0 Å². The Morgan fingerprint density at radius 2 is 1.86 bits per heavy atom. The molecule has 0 amide bonds. The Kier molecular flexibility index (Phi) is 4.96. The van der Waals surface area contributed by atoms with E-state index in [-0.39, 0.29) is 11.5 Å². The minimum atomic E-state index is -0.456. The quantitative estimate of drug-likeness (QED) is 0.639. The molecular weight excluding hydrogens is 356 g/mol. The van der Waals surface area contributed by atoms with Gasteiger partial charge in [-0.25, -0.2) is 8.78 Å². The number of aromatic amines is 1. The van der Waals surface area contributed by atoms with Gasteiger partial charge in [-0.2, -0.15) is 5.10 Å². The van der Waals surface area contributed by atoms with E-state index in [4.69, 9.17) is 0 Å². The SMILES string of the molecule is CC(C)CN1CCc2c(ccc3[nH]ncc23)C1c1c(F)cc(C(C)C)cc1F. The highest BCUT2D eigenvalue weighted by molar-refractivity contribution is 5.83. The van der Waals surface area contributed by atoms with Crippen LogP contribution in [0, 0.1) is 17.6 Å². The second-order valence-corrected chi connectivity index (χ2v) is 8.56. The maximum absolute atomic E-state index is 15.2. The average Bonchev–Trinajstić information content (AvgIpc) is 3.10.